The number of hydrogen-bond donors (Lipinski definition) is 1. The van der Waals surface area contributed by atoms with Gasteiger partial charge in [-0.3, -0.25) is 4.79 Å². The van der Waals surface area contributed by atoms with Crippen molar-refractivity contribution in [2.45, 2.75) is 18.8 Å². The van der Waals surface area contributed by atoms with E-state index in [1.807, 2.05) is 0 Å². The van der Waals surface area contributed by atoms with Crippen LogP contribution in [0.3, 0.4) is 0 Å². The summed E-state index contributed by atoms with van der Waals surface area (Å²) in [6, 6.07) is 6.59. The van der Waals surface area contributed by atoms with Crippen LogP contribution in [0.25, 0.3) is 0 Å². The maximum atomic E-state index is 13.5. The fourth-order valence-electron chi connectivity index (χ4n) is 3.89. The summed E-state index contributed by atoms with van der Waals surface area (Å²) >= 11 is 0. The molecule has 0 radical (unpaired) electrons. The van der Waals surface area contributed by atoms with E-state index in [1.165, 1.54) is 4.90 Å². The fourth-order valence-corrected chi connectivity index (χ4v) is 3.89. The molecule has 0 bridgehead atoms. The largest absolute Gasteiger partial charge is 0.469 e. The lowest BCUT2D eigenvalue weighted by Gasteiger charge is -2.39. The maximum Gasteiger partial charge on any atom is 0.339 e. The van der Waals surface area contributed by atoms with Crippen molar-refractivity contribution in [1.29, 1.82) is 0 Å². The number of hydrogen-bond acceptors (Lipinski definition) is 10. The number of anilines is 1. The van der Waals surface area contributed by atoms with Gasteiger partial charge in [-0.15, -0.1) is 0 Å². The third kappa shape index (κ3) is 3.11. The summed E-state index contributed by atoms with van der Waals surface area (Å²) in [6.45, 7) is 1.59. The molecule has 3 rings (SSSR count). The average Bonchev–Trinajstić information content (AvgIpc) is 3.03. The molecule has 0 amide bonds. The van der Waals surface area contributed by atoms with Gasteiger partial charge >= 0.3 is 23.9 Å². The van der Waals surface area contributed by atoms with Crippen LogP contribution in [-0.4, -0.2) is 51.8 Å². The summed E-state index contributed by atoms with van der Waals surface area (Å²) in [5.41, 5.74) is 4.33. The van der Waals surface area contributed by atoms with Gasteiger partial charge in [0.25, 0.3) is 0 Å². The lowest BCUT2D eigenvalue weighted by atomic mass is 9.66. The molecule has 2 heterocycles. The van der Waals surface area contributed by atoms with Crippen LogP contribution in [0.4, 0.5) is 5.69 Å². The van der Waals surface area contributed by atoms with Crippen molar-refractivity contribution in [3.63, 3.8) is 0 Å². The van der Waals surface area contributed by atoms with Crippen LogP contribution < -0.4 is 10.6 Å². The van der Waals surface area contributed by atoms with Gasteiger partial charge in [-0.25, -0.2) is 14.4 Å². The molecule has 2 aliphatic rings. The second-order valence-electron chi connectivity index (χ2n) is 6.74. The van der Waals surface area contributed by atoms with Crippen LogP contribution in [0.15, 0.2) is 47.0 Å². The second kappa shape index (κ2) is 8.13. The number of nitrogens with zero attached hydrogens (tertiary/aromatic N) is 1. The lowest BCUT2D eigenvalue weighted by molar-refractivity contribution is -0.147. The van der Waals surface area contributed by atoms with Crippen LogP contribution >= 0.6 is 0 Å². The highest BCUT2D eigenvalue weighted by atomic mass is 16.6. The average molecular weight is 430 g/mol. The van der Waals surface area contributed by atoms with Crippen molar-refractivity contribution in [3.05, 3.63) is 52.6 Å². The lowest BCUT2D eigenvalue weighted by Crippen LogP contribution is -2.50. The smallest absolute Gasteiger partial charge is 0.339 e. The summed E-state index contributed by atoms with van der Waals surface area (Å²) in [7, 11) is 3.87. The Balaban J connectivity index is 2.45. The number of nitrogens with two attached hydrogens (primary N) is 1. The monoisotopic (exact) mass is 430 g/mol. The summed E-state index contributed by atoms with van der Waals surface area (Å²) in [6.07, 6.45) is -0.525. The topological polar surface area (TPSA) is 134 Å². The normalized spacial score (nSPS) is 19.9. The summed E-state index contributed by atoms with van der Waals surface area (Å²) < 4.78 is 20.1. The Morgan fingerprint density at radius 1 is 1.10 bits per heavy atom. The maximum absolute atomic E-state index is 13.5. The standard InChI is InChI=1S/C21H22N2O8/c1-5-30-19(26)16-17(22)23(2)12-9-7-6-8-11(12)21(16)15(18(25)29-4)13(31-20(21)27)10-14(24)28-3/h6-9H,5,10,22H2,1-4H3/t21-/m1/s1. The van der Waals surface area contributed by atoms with Crippen molar-refractivity contribution in [2.75, 3.05) is 32.8 Å². The number of cyclic esters (lactones) is 1. The molecule has 10 heteroatoms. The molecule has 1 atom stereocenters. The summed E-state index contributed by atoms with van der Waals surface area (Å²) in [5.74, 6) is -3.97. The number of fused-ring (bicyclic) bond motifs is 2. The first-order valence-electron chi connectivity index (χ1n) is 9.37. The van der Waals surface area contributed by atoms with Crippen molar-refractivity contribution in [3.8, 4) is 0 Å². The molecule has 2 N–H and O–H groups in total. The van der Waals surface area contributed by atoms with Gasteiger partial charge in [-0.05, 0) is 13.0 Å². The van der Waals surface area contributed by atoms with Gasteiger partial charge in [-0.2, -0.15) is 0 Å². The third-order valence-electron chi connectivity index (χ3n) is 5.24. The molecule has 1 aromatic carbocycles. The molecule has 0 saturated carbocycles. The molecule has 1 aromatic rings. The van der Waals surface area contributed by atoms with Crippen LogP contribution in [0.1, 0.15) is 18.9 Å². The molecule has 10 nitrogen and oxygen atoms in total. The van der Waals surface area contributed by atoms with Gasteiger partial charge in [0.15, 0.2) is 5.41 Å². The first-order chi connectivity index (χ1) is 14.7. The quantitative estimate of drug-likeness (QED) is 0.524. The molecule has 31 heavy (non-hydrogen) atoms. The molecular formula is C21H22N2O8. The first kappa shape index (κ1) is 21.9. The fraction of sp³-hybridized carbons (Fsp3) is 0.333. The number of esters is 4. The third-order valence-corrected chi connectivity index (χ3v) is 5.24. The van der Waals surface area contributed by atoms with Crippen LogP contribution in [0, 0.1) is 0 Å². The van der Waals surface area contributed by atoms with Gasteiger partial charge in [0.1, 0.15) is 29.1 Å². The minimum absolute atomic E-state index is 0.00160. The van der Waals surface area contributed by atoms with Gasteiger partial charge in [0.05, 0.1) is 20.8 Å². The number of methoxy groups -OCH3 is 2. The van der Waals surface area contributed by atoms with Crippen molar-refractivity contribution in [2.24, 2.45) is 5.73 Å². The van der Waals surface area contributed by atoms with E-state index in [4.69, 9.17) is 19.9 Å². The molecule has 0 aromatic heterocycles. The van der Waals surface area contributed by atoms with E-state index >= 15 is 0 Å². The predicted octanol–water partition coefficient (Wildman–Crippen LogP) is 0.655. The Kier molecular flexibility index (Phi) is 5.74. The van der Waals surface area contributed by atoms with Gasteiger partial charge in [-0.1, -0.05) is 18.2 Å². The van der Waals surface area contributed by atoms with Crippen LogP contribution in [-0.2, 0) is 43.5 Å². The zero-order valence-electron chi connectivity index (χ0n) is 17.5. The Bertz CT molecular complexity index is 1040. The Morgan fingerprint density at radius 3 is 2.39 bits per heavy atom. The summed E-state index contributed by atoms with van der Waals surface area (Å²) in [4.78, 5) is 52.9. The van der Waals surface area contributed by atoms with Crippen molar-refractivity contribution in [1.82, 2.24) is 0 Å². The van der Waals surface area contributed by atoms with E-state index in [0.29, 0.717) is 5.69 Å². The number of benzene rings is 1. The number of carbonyl (C=O) groups excluding carboxylic acids is 4. The molecule has 0 fully saturated rings. The molecule has 2 aliphatic heterocycles. The zero-order valence-corrected chi connectivity index (χ0v) is 17.5. The Hall–Kier alpha value is -3.82. The number of ether oxygens (including phenoxy) is 4. The highest BCUT2D eigenvalue weighted by Gasteiger charge is 2.64. The minimum atomic E-state index is -2.07. The van der Waals surface area contributed by atoms with E-state index in [1.54, 1.807) is 38.2 Å². The first-order valence-corrected chi connectivity index (χ1v) is 9.37. The van der Waals surface area contributed by atoms with E-state index in [9.17, 15) is 19.2 Å². The van der Waals surface area contributed by atoms with Crippen molar-refractivity contribution < 1.29 is 38.1 Å². The molecule has 164 valence electrons. The highest BCUT2D eigenvalue weighted by molar-refractivity contribution is 6.16. The van der Waals surface area contributed by atoms with Gasteiger partial charge in [0.2, 0.25) is 0 Å². The van der Waals surface area contributed by atoms with E-state index in [0.717, 1.165) is 14.2 Å². The molecule has 0 aliphatic carbocycles. The second-order valence-corrected chi connectivity index (χ2v) is 6.74. The van der Waals surface area contributed by atoms with Crippen LogP contribution in [0.2, 0.25) is 0 Å². The Morgan fingerprint density at radius 2 is 1.77 bits per heavy atom. The predicted molar refractivity (Wildman–Crippen MR) is 106 cm³/mol. The van der Waals surface area contributed by atoms with E-state index < -0.39 is 35.7 Å². The SMILES string of the molecule is CCOC(=O)C1=C(N)N(C)c2ccccc2[C@]12C(=O)OC(CC(=O)OC)=C2C(=O)OC. The highest BCUT2D eigenvalue weighted by Crippen LogP contribution is 2.54. The number of rotatable bonds is 5. The zero-order chi connectivity index (χ0) is 22.9. The minimum Gasteiger partial charge on any atom is -0.469 e. The molecule has 0 saturated heterocycles. The van der Waals surface area contributed by atoms with Crippen LogP contribution in [0.5, 0.6) is 0 Å². The Labute approximate surface area is 178 Å². The summed E-state index contributed by atoms with van der Waals surface area (Å²) in [5, 5.41) is 0. The van der Waals surface area contributed by atoms with Crippen molar-refractivity contribution >= 4 is 29.6 Å². The van der Waals surface area contributed by atoms with Gasteiger partial charge < -0.3 is 29.6 Å². The number of para-hydroxylation sites is 1. The molecule has 1 spiro atoms. The number of carbonyl (C=O) groups is 4. The van der Waals surface area contributed by atoms with E-state index in [2.05, 4.69) is 4.74 Å². The molecule has 0 unspecified atom stereocenters. The molecular weight excluding hydrogens is 408 g/mol. The van der Waals surface area contributed by atoms with Gasteiger partial charge in [0, 0.05) is 18.3 Å². The van der Waals surface area contributed by atoms with E-state index in [-0.39, 0.29) is 34.9 Å².